The van der Waals surface area contributed by atoms with Gasteiger partial charge in [0, 0.05) is 18.2 Å². The van der Waals surface area contributed by atoms with Gasteiger partial charge in [0.1, 0.15) is 5.75 Å². The summed E-state index contributed by atoms with van der Waals surface area (Å²) >= 11 is 1.54. The number of hydrogen-bond donors (Lipinski definition) is 0. The number of esters is 1. The van der Waals surface area contributed by atoms with E-state index < -0.39 is 17.3 Å². The van der Waals surface area contributed by atoms with Crippen molar-refractivity contribution in [1.29, 1.82) is 0 Å². The number of para-hydroxylation sites is 1. The van der Waals surface area contributed by atoms with E-state index in [9.17, 15) is 9.59 Å². The highest BCUT2D eigenvalue weighted by molar-refractivity contribution is 7.99. The maximum Gasteiger partial charge on any atom is 0.303 e. The van der Waals surface area contributed by atoms with E-state index in [1.54, 1.807) is 23.8 Å². The van der Waals surface area contributed by atoms with Crippen LogP contribution in [0.1, 0.15) is 23.3 Å². The van der Waals surface area contributed by atoms with Crippen LogP contribution in [0.5, 0.6) is 17.2 Å². The fourth-order valence-electron chi connectivity index (χ4n) is 4.95. The topological polar surface area (TPSA) is 74.3 Å². The largest absolute Gasteiger partial charge is 1.00 e. The average molecular weight is 691 g/mol. The van der Waals surface area contributed by atoms with Crippen LogP contribution in [0.25, 0.3) is 0 Å². The van der Waals surface area contributed by atoms with Crippen molar-refractivity contribution in [3.05, 3.63) is 77.9 Å². The van der Waals surface area contributed by atoms with Crippen molar-refractivity contribution in [1.82, 2.24) is 0 Å². The van der Waals surface area contributed by atoms with E-state index in [0.29, 0.717) is 11.0 Å². The molecule has 0 saturated carbocycles. The van der Waals surface area contributed by atoms with Gasteiger partial charge < -0.3 is 52.3 Å². The number of benzene rings is 3. The van der Waals surface area contributed by atoms with E-state index in [1.807, 2.05) is 60.7 Å². The molecular weight excluding hydrogens is 655 g/mol. The number of halogens is 1. The Morgan fingerprint density at radius 3 is 2.49 bits per heavy atom. The number of fused-ring (bicyclic) bond motifs is 2. The second-order valence-corrected chi connectivity index (χ2v) is 11.8. The molecule has 3 aromatic carbocycles. The summed E-state index contributed by atoms with van der Waals surface area (Å²) in [7, 11) is 5.95. The molecule has 2 heterocycles. The van der Waals surface area contributed by atoms with E-state index in [0.717, 1.165) is 52.9 Å². The molecule has 2 aliphatic heterocycles. The number of ether oxygens (including phenoxy) is 4. The maximum atomic E-state index is 14.1. The number of likely N-dealkylation sites (N-methyl/N-ethyl adjacent to an activating group) is 1. The van der Waals surface area contributed by atoms with Gasteiger partial charge in [-0.15, -0.1) is 11.8 Å². The van der Waals surface area contributed by atoms with Crippen LogP contribution in [0, 0.1) is 0 Å². The van der Waals surface area contributed by atoms with Crippen LogP contribution in [0.2, 0.25) is 0 Å². The van der Waals surface area contributed by atoms with Gasteiger partial charge in [-0.3, -0.25) is 9.59 Å². The number of rotatable bonds is 9. The summed E-state index contributed by atoms with van der Waals surface area (Å²) < 4.78 is 22.7. The van der Waals surface area contributed by atoms with Crippen LogP contribution in [0.4, 0.5) is 5.69 Å². The molecule has 41 heavy (non-hydrogen) atoms. The monoisotopic (exact) mass is 690 g/mol. The van der Waals surface area contributed by atoms with Crippen LogP contribution >= 0.6 is 11.8 Å². The molecule has 0 radical (unpaired) electrons. The standard InChI is InChI=1S/C31H35N2O6S.HI/c1-21(34)39-29-30(23-10-12-24(36-4)13-11-23)40-28-8-6-5-7-25(28)32(31(29)35)16-18-33(2,3)17-15-22-9-14-26-27(19-22)38-20-37-26;/h5-14,19,29-30H,15-18,20H2,1-4H3;1H/q+1;/p-1/t29-,30+;/m1./s1. The zero-order valence-electron chi connectivity index (χ0n) is 23.7. The Labute approximate surface area is 262 Å². The molecule has 2 atom stereocenters. The smallest absolute Gasteiger partial charge is 0.303 e. The maximum absolute atomic E-state index is 14.1. The van der Waals surface area contributed by atoms with Gasteiger partial charge in [0.05, 0.1) is 51.8 Å². The Balaban J connectivity index is 0.00000387. The van der Waals surface area contributed by atoms with Gasteiger partial charge in [-0.25, -0.2) is 0 Å². The third kappa shape index (κ3) is 7.28. The number of thioether (sulfide) groups is 1. The van der Waals surface area contributed by atoms with Gasteiger partial charge in [0.25, 0.3) is 5.91 Å². The Morgan fingerprint density at radius 2 is 1.76 bits per heavy atom. The molecule has 0 aliphatic carbocycles. The molecule has 0 saturated heterocycles. The van der Waals surface area contributed by atoms with Crippen molar-refractivity contribution in [3.8, 4) is 17.2 Å². The second kappa shape index (κ2) is 13.3. The molecule has 0 bridgehead atoms. The first-order chi connectivity index (χ1) is 19.2. The summed E-state index contributed by atoms with van der Waals surface area (Å²) in [6.07, 6.45) is -0.104. The van der Waals surface area contributed by atoms with Crippen LogP contribution in [0.15, 0.2) is 71.6 Å². The summed E-state index contributed by atoms with van der Waals surface area (Å²) in [4.78, 5) is 29.1. The molecule has 0 unspecified atom stereocenters. The molecule has 0 spiro atoms. The van der Waals surface area contributed by atoms with Gasteiger partial charge in [-0.05, 0) is 47.5 Å². The third-order valence-electron chi connectivity index (χ3n) is 7.30. The number of hydrogen-bond acceptors (Lipinski definition) is 7. The van der Waals surface area contributed by atoms with Crippen molar-refractivity contribution >= 4 is 29.3 Å². The predicted molar refractivity (Wildman–Crippen MR) is 154 cm³/mol. The molecule has 2 aliphatic rings. The Kier molecular flexibility index (Phi) is 10.1. The molecule has 5 rings (SSSR count). The first-order valence-electron chi connectivity index (χ1n) is 13.3. The van der Waals surface area contributed by atoms with E-state index in [2.05, 4.69) is 20.2 Å². The minimum Gasteiger partial charge on any atom is -1.00 e. The van der Waals surface area contributed by atoms with Gasteiger partial charge in [0.15, 0.2) is 17.6 Å². The molecule has 218 valence electrons. The Hall–Kier alpha value is -2.96. The van der Waals surface area contributed by atoms with Crippen molar-refractivity contribution in [2.24, 2.45) is 0 Å². The molecule has 10 heteroatoms. The molecule has 0 fully saturated rings. The fourth-order valence-corrected chi connectivity index (χ4v) is 6.27. The molecule has 0 aromatic heterocycles. The number of methoxy groups -OCH3 is 1. The minimum absolute atomic E-state index is 0. The number of amides is 1. The fraction of sp³-hybridized carbons (Fsp3) is 0.355. The Morgan fingerprint density at radius 1 is 1.02 bits per heavy atom. The summed E-state index contributed by atoms with van der Waals surface area (Å²) in [5.41, 5.74) is 2.91. The Bertz CT molecular complexity index is 1380. The molecule has 1 amide bonds. The lowest BCUT2D eigenvalue weighted by molar-refractivity contribution is -0.888. The van der Waals surface area contributed by atoms with Gasteiger partial charge in [-0.1, -0.05) is 30.3 Å². The van der Waals surface area contributed by atoms with E-state index in [1.165, 1.54) is 12.5 Å². The van der Waals surface area contributed by atoms with Crippen LogP contribution in [-0.4, -0.2) is 70.1 Å². The van der Waals surface area contributed by atoms with E-state index in [4.69, 9.17) is 18.9 Å². The van der Waals surface area contributed by atoms with Gasteiger partial charge in [-0.2, -0.15) is 0 Å². The van der Waals surface area contributed by atoms with E-state index in [-0.39, 0.29) is 36.7 Å². The average Bonchev–Trinajstić information content (AvgIpc) is 3.38. The highest BCUT2D eigenvalue weighted by Crippen LogP contribution is 2.47. The summed E-state index contributed by atoms with van der Waals surface area (Å²) in [5.74, 6) is 1.59. The lowest BCUT2D eigenvalue weighted by atomic mass is 10.1. The third-order valence-corrected chi connectivity index (χ3v) is 8.68. The lowest BCUT2D eigenvalue weighted by Crippen LogP contribution is -3.00. The lowest BCUT2D eigenvalue weighted by Gasteiger charge is -2.33. The molecule has 3 aromatic rings. The predicted octanol–water partition coefficient (Wildman–Crippen LogP) is 1.86. The quantitative estimate of drug-likeness (QED) is 0.193. The summed E-state index contributed by atoms with van der Waals surface area (Å²) in [6.45, 7) is 3.69. The zero-order valence-corrected chi connectivity index (χ0v) is 26.6. The second-order valence-electron chi connectivity index (χ2n) is 10.6. The highest BCUT2D eigenvalue weighted by Gasteiger charge is 2.41. The SMILES string of the molecule is COc1ccc([C@@H]2Sc3ccccc3N(CC[N+](C)(C)CCc3ccc4c(c3)OCO4)C(=O)[C@@H]2OC(C)=O)cc1.[I-]. The normalized spacial score (nSPS) is 17.8. The molecule has 8 nitrogen and oxygen atoms in total. The van der Waals surface area contributed by atoms with Crippen LogP contribution in [-0.2, 0) is 20.7 Å². The minimum atomic E-state index is -0.965. The van der Waals surface area contributed by atoms with Crippen molar-refractivity contribution < 1.29 is 57.0 Å². The molecular formula is C31H35IN2O6S. The van der Waals surface area contributed by atoms with Gasteiger partial charge in [0.2, 0.25) is 6.79 Å². The van der Waals surface area contributed by atoms with Crippen molar-refractivity contribution in [2.75, 3.05) is 52.5 Å². The van der Waals surface area contributed by atoms with E-state index >= 15 is 0 Å². The van der Waals surface area contributed by atoms with Gasteiger partial charge >= 0.3 is 5.97 Å². The van der Waals surface area contributed by atoms with Crippen molar-refractivity contribution in [3.63, 3.8) is 0 Å². The van der Waals surface area contributed by atoms with Crippen molar-refractivity contribution in [2.45, 2.75) is 29.6 Å². The number of carbonyl (C=O) groups excluding carboxylic acids is 2. The first-order valence-corrected chi connectivity index (χ1v) is 14.2. The number of nitrogens with zero attached hydrogens (tertiary/aromatic N) is 2. The number of carbonyl (C=O) groups is 2. The van der Waals surface area contributed by atoms with Crippen LogP contribution in [0.3, 0.4) is 0 Å². The highest BCUT2D eigenvalue weighted by atomic mass is 127. The first kappa shape index (κ1) is 31.0. The zero-order chi connectivity index (χ0) is 28.3. The summed E-state index contributed by atoms with van der Waals surface area (Å²) in [5, 5.41) is -0.401. The van der Waals surface area contributed by atoms with Crippen LogP contribution < -0.4 is 43.1 Å². The number of quaternary nitrogens is 1. The summed E-state index contributed by atoms with van der Waals surface area (Å²) in [6, 6.07) is 21.5. The molecule has 0 N–H and O–H groups in total. The number of anilines is 1.